The van der Waals surface area contributed by atoms with E-state index in [0.717, 1.165) is 144 Å². The predicted molar refractivity (Wildman–Crippen MR) is 371 cm³/mol. The summed E-state index contributed by atoms with van der Waals surface area (Å²) < 4.78 is 13.1. The first-order valence-corrected chi connectivity index (χ1v) is 38.2. The molecule has 6 aromatic carbocycles. The number of aromatic hydroxyl groups is 3. The fraction of sp³-hybridized carbons (Fsp3) is 0.461. The van der Waals surface area contributed by atoms with E-state index in [1.807, 2.05) is 42.7 Å². The zero-order chi connectivity index (χ0) is 62.6. The Morgan fingerprint density at radius 2 is 1.60 bits per heavy atom. The summed E-state index contributed by atoms with van der Waals surface area (Å²) in [6.07, 6.45) is 17.4. The number of hydrogen-bond acceptors (Lipinski definition) is 14. The second-order valence-corrected chi connectivity index (χ2v) is 32.4. The Labute approximate surface area is 551 Å². The minimum atomic E-state index is -1.78. The van der Waals surface area contributed by atoms with Crippen LogP contribution in [0.25, 0.3) is 16.8 Å². The van der Waals surface area contributed by atoms with E-state index in [4.69, 9.17) is 9.47 Å². The van der Waals surface area contributed by atoms with Gasteiger partial charge in [-0.3, -0.25) is 4.79 Å². The molecule has 1 saturated heterocycles. The van der Waals surface area contributed by atoms with Gasteiger partial charge in [0, 0.05) is 70.4 Å². The number of benzene rings is 6. The van der Waals surface area contributed by atoms with Crippen LogP contribution in [0.2, 0.25) is 0 Å². The number of phenolic OH excluding ortho intramolecular Hbond substituents is 3. The fourth-order valence-corrected chi connectivity index (χ4v) is 24.1. The van der Waals surface area contributed by atoms with Gasteiger partial charge in [-0.2, -0.15) is 0 Å². The summed E-state index contributed by atoms with van der Waals surface area (Å²) in [5.74, 6) is -0.332. The average molecular weight is 1300 g/mol. The molecule has 7 aromatic rings. The number of methoxy groups -OCH3 is 1. The lowest BCUT2D eigenvalue weighted by Crippen LogP contribution is -2.65. The molecule has 8 N–H and O–H groups in total. The summed E-state index contributed by atoms with van der Waals surface area (Å²) in [5.41, 5.74) is 7.37. The van der Waals surface area contributed by atoms with Crippen molar-refractivity contribution < 1.29 is 44.9 Å². The highest BCUT2D eigenvalue weighted by atomic mass is 33.1. The van der Waals surface area contributed by atoms with E-state index >= 15 is 4.79 Å². The van der Waals surface area contributed by atoms with E-state index < -0.39 is 46.8 Å². The Bertz CT molecular complexity index is 3820. The van der Waals surface area contributed by atoms with Crippen LogP contribution in [0.15, 0.2) is 128 Å². The van der Waals surface area contributed by atoms with Crippen molar-refractivity contribution in [3.05, 3.63) is 189 Å². The predicted octanol–water partition coefficient (Wildman–Crippen LogP) is 14.9. The summed E-state index contributed by atoms with van der Waals surface area (Å²) in [6, 6.07) is 36.6. The molecule has 7 aliphatic rings. The number of hydrogen-bond donors (Lipinski definition) is 8. The van der Waals surface area contributed by atoms with Crippen LogP contribution in [0.3, 0.4) is 0 Å². The molecule has 4 aliphatic carbocycles. The second-order valence-electron chi connectivity index (χ2n) is 27.2. The van der Waals surface area contributed by atoms with Crippen molar-refractivity contribution in [3.8, 4) is 28.7 Å². The van der Waals surface area contributed by atoms with Crippen molar-refractivity contribution in [3.63, 3.8) is 0 Å². The molecule has 91 heavy (non-hydrogen) atoms. The number of ether oxygens (including phenoxy) is 2. The Morgan fingerprint density at radius 3 is 2.43 bits per heavy atom. The van der Waals surface area contributed by atoms with Gasteiger partial charge in [-0.1, -0.05) is 154 Å². The molecule has 14 rings (SSSR count). The van der Waals surface area contributed by atoms with Gasteiger partial charge in [-0.05, 0) is 193 Å². The Hall–Kier alpha value is -5.49. The van der Waals surface area contributed by atoms with Crippen LogP contribution in [0.1, 0.15) is 143 Å². The number of aromatic amines is 1. The Kier molecular flexibility index (Phi) is 18.2. The molecule has 0 spiro atoms. The number of aliphatic hydroxyl groups is 3. The Morgan fingerprint density at radius 1 is 0.769 bits per heavy atom. The second kappa shape index (κ2) is 26.4. The SMILES string of the molecule is CCc1ccc2cccc3c2c1Cc1c(ccc(O)c1OC)C[C@@H](Cc1cc[nH]c1)[C@H](O)[C@@H]1C(=O)[C@@](c2cc(O)c4c(c2)[C@]25CCC[C@@H](Cc6ccccc6)[C@@]2(C=C4)CCCN5)([C@H]2CSSC[C@H]4CCCC[C@@H]4Oc4cc2ccc4O)[C@@H](O)C[C@H]1CSS[C@H]3CO. The molecule has 0 radical (unpaired) electrons. The summed E-state index contributed by atoms with van der Waals surface area (Å²) in [5, 5.41) is 82.6. The van der Waals surface area contributed by atoms with Crippen LogP contribution >= 0.6 is 43.2 Å². The van der Waals surface area contributed by atoms with Crippen LogP contribution in [0.4, 0.5) is 0 Å². The minimum Gasteiger partial charge on any atom is -0.507 e. The van der Waals surface area contributed by atoms with Gasteiger partial charge in [0.2, 0.25) is 0 Å². The molecule has 11 nitrogen and oxygen atoms in total. The molecule has 2 bridgehead atoms. The number of aromatic nitrogens is 1. The third-order valence-corrected chi connectivity index (χ3v) is 28.1. The first-order valence-electron chi connectivity index (χ1n) is 33.3. The number of carbonyl (C=O) groups excluding carboxylic acids is 1. The van der Waals surface area contributed by atoms with Gasteiger partial charge in [0.1, 0.15) is 11.9 Å². The molecular formula is C76H86N2O9S4. The van der Waals surface area contributed by atoms with Gasteiger partial charge < -0.3 is 50.4 Å². The summed E-state index contributed by atoms with van der Waals surface area (Å²) in [4.78, 5) is 21.3. The molecule has 4 heterocycles. The van der Waals surface area contributed by atoms with Crippen molar-refractivity contribution in [2.75, 3.05) is 37.5 Å². The molecule has 0 amide bonds. The number of ketones is 1. The third-order valence-electron chi connectivity index (χ3n) is 22.7. The molecule has 3 aliphatic heterocycles. The molecule has 4 fully saturated rings. The summed E-state index contributed by atoms with van der Waals surface area (Å²) in [7, 11) is 8.23. The zero-order valence-electron chi connectivity index (χ0n) is 52.2. The van der Waals surface area contributed by atoms with Gasteiger partial charge in [0.05, 0.1) is 42.1 Å². The topological polar surface area (TPSA) is 185 Å². The van der Waals surface area contributed by atoms with E-state index in [9.17, 15) is 30.6 Å². The number of Topliss-reactive ketones (excluding diaryl/α,β-unsaturated/α-hetero) is 1. The zero-order valence-corrected chi connectivity index (χ0v) is 55.4. The van der Waals surface area contributed by atoms with Gasteiger partial charge in [0.25, 0.3) is 0 Å². The highest BCUT2D eigenvalue weighted by Gasteiger charge is 2.64. The van der Waals surface area contributed by atoms with Crippen LogP contribution in [-0.4, -0.2) is 97.2 Å². The van der Waals surface area contributed by atoms with Crippen molar-refractivity contribution in [1.82, 2.24) is 10.3 Å². The van der Waals surface area contributed by atoms with Crippen molar-refractivity contribution >= 4 is 65.8 Å². The van der Waals surface area contributed by atoms with E-state index in [0.29, 0.717) is 47.8 Å². The van der Waals surface area contributed by atoms with Gasteiger partial charge in [-0.15, -0.1) is 0 Å². The number of aliphatic hydroxyl groups excluding tert-OH is 3. The minimum absolute atomic E-state index is 0.00447. The lowest BCUT2D eigenvalue weighted by Gasteiger charge is -2.62. The fourth-order valence-electron chi connectivity index (χ4n) is 18.4. The Balaban J connectivity index is 0.981. The van der Waals surface area contributed by atoms with Crippen molar-refractivity contribution in [2.24, 2.45) is 35.0 Å². The van der Waals surface area contributed by atoms with E-state index in [1.165, 1.54) is 5.56 Å². The maximum atomic E-state index is 18.0. The molecule has 1 aromatic heterocycles. The van der Waals surface area contributed by atoms with E-state index in [2.05, 4.69) is 90.0 Å². The lowest BCUT2D eigenvalue weighted by atomic mass is 9.47. The van der Waals surface area contributed by atoms with Crippen molar-refractivity contribution in [1.29, 1.82) is 0 Å². The number of rotatable bonds is 9. The number of aryl methyl sites for hydroxylation is 1. The third kappa shape index (κ3) is 11.1. The van der Waals surface area contributed by atoms with Crippen molar-refractivity contribution in [2.45, 2.75) is 144 Å². The van der Waals surface area contributed by atoms with Gasteiger partial charge >= 0.3 is 0 Å². The molecule has 13 atom stereocenters. The maximum absolute atomic E-state index is 18.0. The standard InChI is InChI=1S/C76H86N2O9S4/c1-3-47-19-20-48-15-9-17-57-67(41-79)91-90-43-53-36-68(83)76(61-44-89-88-42-51-14-7-8-18-65(51)87-66-35-50(61)22-23-62(66)80,55-37-60-56(64(82)38-55)25-29-74-27-11-30-78-75(60,74)28-10-16-54(74)33-45-12-5-4-6-13-45)73(85)70(53)71(84)52(32-46-26-31-77-40-46)34-49-21-24-63(81)72(86-2)59(49)39-58(47)69(48)57/h4-6,9,12-13,15,17,19-26,29,31,35,37-38,40,51-54,61,65,67-68,70-71,77-84H,3,7-8,10-11,14,16,18,27-28,30,32-34,36,39,41-44H2,1-2H3/t51-,52-,53+,54+,61+,65+,67+,68+,70-,71+,74+,75-,76+/m1/s1. The first kappa shape index (κ1) is 62.9. The number of piperidine rings is 1. The van der Waals surface area contributed by atoms with Crippen LogP contribution < -0.4 is 14.8 Å². The van der Waals surface area contributed by atoms with Gasteiger partial charge in [0.15, 0.2) is 28.8 Å². The molecule has 15 heteroatoms. The summed E-state index contributed by atoms with van der Waals surface area (Å²) in [6.45, 7) is 2.78. The smallest absolute Gasteiger partial charge is 0.164 e. The van der Waals surface area contributed by atoms with Crippen LogP contribution in [0, 0.1) is 35.0 Å². The van der Waals surface area contributed by atoms with Crippen LogP contribution in [-0.2, 0) is 47.9 Å². The van der Waals surface area contributed by atoms with E-state index in [1.54, 1.807) is 68.5 Å². The highest BCUT2D eigenvalue weighted by molar-refractivity contribution is 8.77. The maximum Gasteiger partial charge on any atom is 0.164 e. The number of fused-ring (bicyclic) bond motifs is 6. The molecule has 3 saturated carbocycles. The number of H-pyrrole nitrogens is 1. The largest absolute Gasteiger partial charge is 0.507 e. The monoisotopic (exact) mass is 1300 g/mol. The summed E-state index contributed by atoms with van der Waals surface area (Å²) >= 11 is 0. The number of phenols is 3. The highest BCUT2D eigenvalue weighted by Crippen LogP contribution is 2.65. The van der Waals surface area contributed by atoms with Crippen LogP contribution in [0.5, 0.6) is 28.7 Å². The average Bonchev–Trinajstić information content (AvgIpc) is 0.752. The van der Waals surface area contributed by atoms with Gasteiger partial charge in [-0.25, -0.2) is 0 Å². The number of carbonyl (C=O) groups is 1. The molecule has 0 unspecified atom stereocenters. The quantitative estimate of drug-likeness (QED) is 0.0639. The molecule has 478 valence electrons. The first-order chi connectivity index (χ1) is 44.4. The molecular weight excluding hydrogens is 1210 g/mol. The van der Waals surface area contributed by atoms with E-state index in [-0.39, 0.29) is 64.7 Å². The normalized spacial score (nSPS) is 30.9. The lowest BCUT2D eigenvalue weighted by molar-refractivity contribution is -0.150. The number of nitrogens with one attached hydrogen (secondary N) is 2.